The van der Waals surface area contributed by atoms with Gasteiger partial charge in [-0.1, -0.05) is 45.9 Å². The van der Waals surface area contributed by atoms with Crippen LogP contribution in [-0.2, 0) is 28.6 Å². The molecule has 5 bridgehead atoms. The molecular weight excluding hydrogens is 764 g/mol. The molecule has 4 aliphatic rings. The highest BCUT2D eigenvalue weighted by atomic mass is 16.7. The lowest BCUT2D eigenvalue weighted by molar-refractivity contribution is -0.160. The number of Topliss-reactive ketones (excluding diaryl/α,β-unsaturated/α-hetero) is 1. The van der Waals surface area contributed by atoms with Gasteiger partial charge in [0.05, 0.1) is 41.2 Å². The molecule has 2 aromatic carbocycles. The van der Waals surface area contributed by atoms with Crippen LogP contribution in [-0.4, -0.2) is 106 Å². The van der Waals surface area contributed by atoms with Crippen LogP contribution >= 0.6 is 0 Å². The largest absolute Gasteiger partial charge is 0.507 e. The number of ether oxygens (including phenoxy) is 5. The fourth-order valence-corrected chi connectivity index (χ4v) is 8.12. The number of hydrogen-bond donors (Lipinski definition) is 5. The van der Waals surface area contributed by atoms with Gasteiger partial charge < -0.3 is 54.3 Å². The summed E-state index contributed by atoms with van der Waals surface area (Å²) < 4.78 is 29.8. The van der Waals surface area contributed by atoms with E-state index in [0.717, 1.165) is 19.3 Å². The Labute approximate surface area is 344 Å². The Kier molecular flexibility index (Phi) is 14.0. The summed E-state index contributed by atoms with van der Waals surface area (Å²) in [6.45, 7) is 13.3. The first-order valence-corrected chi connectivity index (χ1v) is 20.1. The van der Waals surface area contributed by atoms with Crippen LogP contribution in [0.2, 0.25) is 0 Å². The summed E-state index contributed by atoms with van der Waals surface area (Å²) in [7, 11) is 1.44. The third kappa shape index (κ3) is 9.22. The predicted molar refractivity (Wildman–Crippen MR) is 218 cm³/mol. The van der Waals surface area contributed by atoms with Gasteiger partial charge in [0.2, 0.25) is 0 Å². The second-order valence-corrected chi connectivity index (χ2v) is 16.1. The molecule has 0 saturated carbocycles. The highest BCUT2D eigenvalue weighted by molar-refractivity contribution is 6.21. The number of anilines is 1. The van der Waals surface area contributed by atoms with Crippen LogP contribution in [0.5, 0.6) is 23.0 Å². The number of carbonyl (C=O) groups excluding carboxylic acids is 4. The van der Waals surface area contributed by atoms with Crippen molar-refractivity contribution in [2.45, 2.75) is 105 Å². The molecule has 4 aliphatic heterocycles. The fourth-order valence-electron chi connectivity index (χ4n) is 8.12. The normalized spacial score (nSPS) is 31.4. The molecule has 2 aromatic rings. The molecule has 0 aliphatic carbocycles. The van der Waals surface area contributed by atoms with E-state index in [4.69, 9.17) is 23.7 Å². The smallest absolute Gasteiger partial charge is 0.312 e. The second kappa shape index (κ2) is 18.4. The van der Waals surface area contributed by atoms with Crippen molar-refractivity contribution in [2.75, 3.05) is 32.1 Å². The van der Waals surface area contributed by atoms with Gasteiger partial charge in [-0.3, -0.25) is 19.2 Å². The molecule has 1 saturated heterocycles. The number of phenolic OH excluding ortho intramolecular Hbond substituents is 2. The van der Waals surface area contributed by atoms with Crippen molar-refractivity contribution in [3.8, 4) is 23.0 Å². The predicted octanol–water partition coefficient (Wildman–Crippen LogP) is 5.44. The number of piperidine rings is 1. The molecule has 4 heterocycles. The number of amides is 2. The summed E-state index contributed by atoms with van der Waals surface area (Å²) in [5, 5.41) is 48.5. The van der Waals surface area contributed by atoms with Gasteiger partial charge in [0.1, 0.15) is 23.4 Å². The number of aliphatic hydroxyl groups excluding tert-OH is 2. The van der Waals surface area contributed by atoms with E-state index >= 15 is 0 Å². The molecule has 5 N–H and O–H groups in total. The topological polar surface area (TPSA) is 211 Å². The number of aliphatic hydroxyl groups is 2. The molecule has 0 spiro atoms. The van der Waals surface area contributed by atoms with Crippen molar-refractivity contribution in [2.24, 2.45) is 23.7 Å². The summed E-state index contributed by atoms with van der Waals surface area (Å²) in [4.78, 5) is 55.4. The molecule has 0 aromatic heterocycles. The van der Waals surface area contributed by atoms with Crippen LogP contribution < -0.4 is 14.8 Å². The number of methoxy groups -OCH3 is 1. The minimum atomic E-state index is -2.01. The number of ketones is 1. The van der Waals surface area contributed by atoms with Gasteiger partial charge >= 0.3 is 11.8 Å². The van der Waals surface area contributed by atoms with Crippen molar-refractivity contribution < 1.29 is 63.3 Å². The Morgan fingerprint density at radius 3 is 2.27 bits per heavy atom. The zero-order valence-corrected chi connectivity index (χ0v) is 35.2. The SMILES string of the molecule is CO[C@H]1/C=C/O[C@@]2(C)Oc3c(C)c(O)c4c(O)c(cc(OCC(=O)N5CCCCC5)c4c3C2=O)NC(=O)/C(C)=C\C=C\[C@@H](C)[C@@H](O)[C@@H](C)[C@H](O)[C@@H](C)[C@H](OC(C)=O)[C@@H]1C. The number of allylic oxidation sites excluding steroid dienone is 2. The third-order valence-electron chi connectivity index (χ3n) is 11.9. The first kappa shape index (κ1) is 45.0. The minimum Gasteiger partial charge on any atom is -0.507 e. The number of fused-ring (bicyclic) bond motifs is 14. The van der Waals surface area contributed by atoms with Gasteiger partial charge in [0.25, 0.3) is 17.6 Å². The molecule has 2 amide bonds. The fraction of sp³-hybridized carbons (Fsp3) is 0.545. The molecule has 1 fully saturated rings. The number of rotatable bonds is 5. The maximum atomic E-state index is 14.5. The van der Waals surface area contributed by atoms with Gasteiger partial charge in [-0.15, -0.1) is 0 Å². The molecule has 0 unspecified atom stereocenters. The lowest BCUT2D eigenvalue weighted by Gasteiger charge is -2.38. The second-order valence-electron chi connectivity index (χ2n) is 16.1. The minimum absolute atomic E-state index is 0.0460. The van der Waals surface area contributed by atoms with Crippen molar-refractivity contribution in [3.05, 3.63) is 53.3 Å². The van der Waals surface area contributed by atoms with Crippen molar-refractivity contribution in [1.82, 2.24) is 4.90 Å². The first-order chi connectivity index (χ1) is 27.8. The average molecular weight is 823 g/mol. The highest BCUT2D eigenvalue weighted by Crippen LogP contribution is 2.54. The molecule has 0 radical (unpaired) electrons. The lowest BCUT2D eigenvalue weighted by atomic mass is 9.78. The number of phenols is 2. The standard InChI is InChI=1S/C44H58N2O13/c1-22-14-13-15-23(2)43(54)45-29-20-31(56-21-32(48)46-17-11-10-12-18-46)33-34(39(29)52)38(51)27(6)41-35(33)42(53)44(8,59-41)57-19-16-30(55-9)24(3)40(58-28(7)47)26(5)37(50)25(4)36(22)49/h13-16,19-20,22,24-26,30,36-37,40,49-52H,10-12,17-18,21H2,1-9H3,(H,45,54)/b14-13+,19-16+,23-15-/t22-,24-,25-,26-,30+,36-,37+,40-,44+/m1/s1. The number of nitrogens with one attached hydrogen (secondary N) is 1. The van der Waals surface area contributed by atoms with Crippen LogP contribution in [0.1, 0.15) is 83.7 Å². The molecule has 59 heavy (non-hydrogen) atoms. The van der Waals surface area contributed by atoms with E-state index in [1.54, 1.807) is 44.7 Å². The number of carbonyl (C=O) groups is 4. The monoisotopic (exact) mass is 822 g/mol. The summed E-state index contributed by atoms with van der Waals surface area (Å²) in [6.07, 6.45) is 6.35. The highest BCUT2D eigenvalue weighted by Gasteiger charge is 2.50. The third-order valence-corrected chi connectivity index (χ3v) is 11.9. The molecule has 9 atom stereocenters. The number of aromatic hydroxyl groups is 2. The van der Waals surface area contributed by atoms with Gasteiger partial charge in [0, 0.05) is 80.3 Å². The van der Waals surface area contributed by atoms with Crippen LogP contribution in [0.4, 0.5) is 5.69 Å². The Balaban J connectivity index is 1.66. The summed E-state index contributed by atoms with van der Waals surface area (Å²) >= 11 is 0. The number of hydrogen-bond acceptors (Lipinski definition) is 13. The first-order valence-electron chi connectivity index (χ1n) is 20.1. The van der Waals surface area contributed by atoms with E-state index in [9.17, 15) is 39.6 Å². The van der Waals surface area contributed by atoms with E-state index in [0.29, 0.717) is 13.1 Å². The van der Waals surface area contributed by atoms with Crippen LogP contribution in [0.3, 0.4) is 0 Å². The number of benzene rings is 2. The van der Waals surface area contributed by atoms with Gasteiger partial charge in [-0.25, -0.2) is 0 Å². The maximum absolute atomic E-state index is 14.5. The Bertz CT molecular complexity index is 2040. The zero-order chi connectivity index (χ0) is 43.5. The van der Waals surface area contributed by atoms with E-state index in [2.05, 4.69) is 5.32 Å². The molecule has 15 nitrogen and oxygen atoms in total. The molecular formula is C44H58N2O13. The Morgan fingerprint density at radius 1 is 0.949 bits per heavy atom. The molecule has 322 valence electrons. The van der Waals surface area contributed by atoms with Crippen molar-refractivity contribution in [1.29, 1.82) is 0 Å². The summed E-state index contributed by atoms with van der Waals surface area (Å²) in [5.41, 5.74) is 0.0368. The number of likely N-dealkylation sites (tertiary alicyclic amines) is 1. The van der Waals surface area contributed by atoms with Gasteiger partial charge in [-0.05, 0) is 39.2 Å². The maximum Gasteiger partial charge on any atom is 0.312 e. The molecule has 15 heteroatoms. The van der Waals surface area contributed by atoms with Crippen LogP contribution in [0.25, 0.3) is 10.8 Å². The van der Waals surface area contributed by atoms with Crippen LogP contribution in [0.15, 0.2) is 42.2 Å². The van der Waals surface area contributed by atoms with Crippen LogP contribution in [0, 0.1) is 30.6 Å². The molecule has 6 rings (SSSR count). The summed E-state index contributed by atoms with van der Waals surface area (Å²) in [5.74, 6) is -7.84. The van der Waals surface area contributed by atoms with E-state index in [1.165, 1.54) is 59.3 Å². The van der Waals surface area contributed by atoms with Gasteiger partial charge in [0.15, 0.2) is 12.4 Å². The van der Waals surface area contributed by atoms with E-state index < -0.39 is 89.6 Å². The van der Waals surface area contributed by atoms with E-state index in [-0.39, 0.29) is 50.6 Å². The van der Waals surface area contributed by atoms with Gasteiger partial charge in [-0.2, -0.15) is 0 Å². The van der Waals surface area contributed by atoms with Crippen molar-refractivity contribution in [3.63, 3.8) is 0 Å². The number of esters is 1. The Morgan fingerprint density at radius 2 is 1.63 bits per heavy atom. The van der Waals surface area contributed by atoms with Crippen molar-refractivity contribution >= 4 is 40.0 Å². The number of nitrogens with zero attached hydrogens (tertiary/aromatic N) is 1. The lowest BCUT2D eigenvalue weighted by Crippen LogP contribution is -2.46. The summed E-state index contributed by atoms with van der Waals surface area (Å²) in [6, 6.07) is 1.29. The quantitative estimate of drug-likeness (QED) is 0.188. The average Bonchev–Trinajstić information content (AvgIpc) is 3.48. The Hall–Kier alpha value is -5.12. The zero-order valence-electron chi connectivity index (χ0n) is 35.2. The van der Waals surface area contributed by atoms with E-state index in [1.807, 2.05) is 0 Å².